The number of nitriles is 1. The molecule has 4 nitrogen and oxygen atoms in total. The number of hydrogen-bond acceptors (Lipinski definition) is 4. The maximum absolute atomic E-state index is 8.73. The molecule has 0 saturated heterocycles. The van der Waals surface area contributed by atoms with Gasteiger partial charge in [-0.05, 0) is 27.8 Å². The molecular formula is C10H13BrN4. The van der Waals surface area contributed by atoms with Crippen LogP contribution in [-0.4, -0.2) is 9.97 Å². The van der Waals surface area contributed by atoms with Crippen molar-refractivity contribution < 1.29 is 0 Å². The van der Waals surface area contributed by atoms with Crippen LogP contribution in [0.15, 0.2) is 4.47 Å². The van der Waals surface area contributed by atoms with Crippen LogP contribution < -0.4 is 5.73 Å². The lowest BCUT2D eigenvalue weighted by Gasteiger charge is -2.18. The van der Waals surface area contributed by atoms with Crippen molar-refractivity contribution in [2.24, 2.45) is 5.41 Å². The largest absolute Gasteiger partial charge is 0.383 e. The van der Waals surface area contributed by atoms with Crippen molar-refractivity contribution >= 4 is 21.7 Å². The van der Waals surface area contributed by atoms with Gasteiger partial charge in [0, 0.05) is 0 Å². The molecule has 0 fully saturated rings. The van der Waals surface area contributed by atoms with Gasteiger partial charge in [-0.15, -0.1) is 0 Å². The molecule has 0 bridgehead atoms. The maximum atomic E-state index is 8.73. The Morgan fingerprint density at radius 3 is 2.47 bits per heavy atom. The fraction of sp³-hybridized carbons (Fsp3) is 0.500. The van der Waals surface area contributed by atoms with E-state index < -0.39 is 0 Å². The minimum Gasteiger partial charge on any atom is -0.383 e. The van der Waals surface area contributed by atoms with Crippen molar-refractivity contribution in [3.8, 4) is 6.07 Å². The molecule has 1 rings (SSSR count). The molecule has 1 aromatic rings. The maximum Gasteiger partial charge on any atom is 0.234 e. The smallest absolute Gasteiger partial charge is 0.234 e. The van der Waals surface area contributed by atoms with E-state index in [1.165, 1.54) is 0 Å². The molecule has 0 spiro atoms. The summed E-state index contributed by atoms with van der Waals surface area (Å²) >= 11 is 3.34. The highest BCUT2D eigenvalue weighted by molar-refractivity contribution is 9.10. The van der Waals surface area contributed by atoms with Crippen LogP contribution in [0.3, 0.4) is 0 Å². The van der Waals surface area contributed by atoms with E-state index in [0.29, 0.717) is 10.3 Å². The summed E-state index contributed by atoms with van der Waals surface area (Å²) in [5, 5.41) is 8.73. The van der Waals surface area contributed by atoms with Crippen LogP contribution in [0.1, 0.15) is 32.3 Å². The second-order valence-corrected chi connectivity index (χ2v) is 5.34. The van der Waals surface area contributed by atoms with Crippen molar-refractivity contribution in [1.29, 1.82) is 5.26 Å². The minimum absolute atomic E-state index is 0.0933. The van der Waals surface area contributed by atoms with E-state index in [9.17, 15) is 0 Å². The van der Waals surface area contributed by atoms with E-state index in [0.717, 1.165) is 12.1 Å². The molecule has 0 atom stereocenters. The number of nitrogens with zero attached hydrogens (tertiary/aromatic N) is 3. The molecule has 0 unspecified atom stereocenters. The van der Waals surface area contributed by atoms with Gasteiger partial charge in [-0.2, -0.15) is 5.26 Å². The Labute approximate surface area is 97.7 Å². The average molecular weight is 269 g/mol. The van der Waals surface area contributed by atoms with Gasteiger partial charge in [-0.1, -0.05) is 20.8 Å². The highest BCUT2D eigenvalue weighted by atomic mass is 79.9. The summed E-state index contributed by atoms with van der Waals surface area (Å²) < 4.78 is 0.691. The van der Waals surface area contributed by atoms with E-state index in [1.807, 2.05) is 6.07 Å². The monoisotopic (exact) mass is 268 g/mol. The number of halogens is 1. The number of nitrogens with two attached hydrogens (primary N) is 1. The van der Waals surface area contributed by atoms with Gasteiger partial charge >= 0.3 is 0 Å². The van der Waals surface area contributed by atoms with Crippen molar-refractivity contribution in [1.82, 2.24) is 9.97 Å². The molecule has 2 N–H and O–H groups in total. The Bertz CT molecular complexity index is 415. The summed E-state index contributed by atoms with van der Waals surface area (Å²) in [4.78, 5) is 7.98. The van der Waals surface area contributed by atoms with Gasteiger partial charge in [-0.3, -0.25) is 0 Å². The van der Waals surface area contributed by atoms with Crippen LogP contribution in [0, 0.1) is 16.7 Å². The van der Waals surface area contributed by atoms with Crippen molar-refractivity contribution in [2.75, 3.05) is 5.73 Å². The Kier molecular flexibility index (Phi) is 3.30. The lowest BCUT2D eigenvalue weighted by molar-refractivity contribution is 0.405. The fourth-order valence-electron chi connectivity index (χ4n) is 1.18. The SMILES string of the molecule is CC(C)(C)Cc1nc(C#N)nc(N)c1Br. The van der Waals surface area contributed by atoms with Gasteiger partial charge in [0.05, 0.1) is 10.2 Å². The summed E-state index contributed by atoms with van der Waals surface area (Å²) in [5.74, 6) is 0.441. The van der Waals surface area contributed by atoms with Gasteiger partial charge in [0.25, 0.3) is 0 Å². The molecule has 1 heterocycles. The zero-order valence-corrected chi connectivity index (χ0v) is 10.6. The molecule has 1 aromatic heterocycles. The minimum atomic E-state index is 0.0933. The van der Waals surface area contributed by atoms with E-state index in [4.69, 9.17) is 11.0 Å². The average Bonchev–Trinajstić information content (AvgIpc) is 2.10. The van der Waals surface area contributed by atoms with Crippen LogP contribution in [0.2, 0.25) is 0 Å². The Balaban J connectivity index is 3.18. The van der Waals surface area contributed by atoms with Crippen molar-refractivity contribution in [3.63, 3.8) is 0 Å². The molecule has 0 aliphatic heterocycles. The summed E-state index contributed by atoms with van der Waals surface area (Å²) in [6.45, 7) is 6.30. The summed E-state index contributed by atoms with van der Waals surface area (Å²) in [7, 11) is 0. The molecule has 0 radical (unpaired) electrons. The van der Waals surface area contributed by atoms with Crippen LogP contribution in [0.4, 0.5) is 5.82 Å². The van der Waals surface area contributed by atoms with Crippen LogP contribution >= 0.6 is 15.9 Å². The molecule has 0 aromatic carbocycles. The second kappa shape index (κ2) is 4.15. The van der Waals surface area contributed by atoms with Gasteiger partial charge < -0.3 is 5.73 Å². The number of aromatic nitrogens is 2. The van der Waals surface area contributed by atoms with Crippen molar-refractivity contribution in [2.45, 2.75) is 27.2 Å². The quantitative estimate of drug-likeness (QED) is 0.848. The standard InChI is InChI=1S/C10H13BrN4/c1-10(2,3)4-6-8(11)9(13)15-7(5-12)14-6/h4H2,1-3H3,(H2,13,14,15). The van der Waals surface area contributed by atoms with E-state index in [-0.39, 0.29) is 11.2 Å². The number of rotatable bonds is 1. The molecule has 0 aliphatic carbocycles. The molecule has 0 amide bonds. The lowest BCUT2D eigenvalue weighted by Crippen LogP contribution is -2.13. The molecule has 80 valence electrons. The third kappa shape index (κ3) is 3.17. The zero-order chi connectivity index (χ0) is 11.6. The highest BCUT2D eigenvalue weighted by Gasteiger charge is 2.17. The third-order valence-electron chi connectivity index (χ3n) is 1.74. The van der Waals surface area contributed by atoms with E-state index in [2.05, 4.69) is 46.7 Å². The fourth-order valence-corrected chi connectivity index (χ4v) is 1.50. The van der Waals surface area contributed by atoms with E-state index in [1.54, 1.807) is 0 Å². The lowest BCUT2D eigenvalue weighted by atomic mass is 9.90. The zero-order valence-electron chi connectivity index (χ0n) is 9.00. The predicted molar refractivity (Wildman–Crippen MR) is 62.0 cm³/mol. The van der Waals surface area contributed by atoms with Gasteiger partial charge in [0.15, 0.2) is 0 Å². The first kappa shape index (κ1) is 11.9. The highest BCUT2D eigenvalue weighted by Crippen LogP contribution is 2.27. The molecule has 0 aliphatic rings. The third-order valence-corrected chi connectivity index (χ3v) is 2.61. The van der Waals surface area contributed by atoms with Crippen LogP contribution in [0.25, 0.3) is 0 Å². The molecule has 0 saturated carbocycles. The first-order valence-corrected chi connectivity index (χ1v) is 5.35. The van der Waals surface area contributed by atoms with Crippen molar-refractivity contribution in [3.05, 3.63) is 16.0 Å². The van der Waals surface area contributed by atoms with Crippen LogP contribution in [-0.2, 0) is 6.42 Å². The summed E-state index contributed by atoms with van der Waals surface area (Å²) in [6.07, 6.45) is 0.745. The first-order chi connectivity index (χ1) is 6.83. The number of anilines is 1. The topological polar surface area (TPSA) is 75.6 Å². The van der Waals surface area contributed by atoms with Gasteiger partial charge in [-0.25, -0.2) is 9.97 Å². The molecular weight excluding hydrogens is 256 g/mol. The Morgan fingerprint density at radius 1 is 1.40 bits per heavy atom. The van der Waals surface area contributed by atoms with Gasteiger partial charge in [0.1, 0.15) is 11.9 Å². The van der Waals surface area contributed by atoms with Gasteiger partial charge in [0.2, 0.25) is 5.82 Å². The number of hydrogen-bond donors (Lipinski definition) is 1. The summed E-state index contributed by atoms with van der Waals surface area (Å²) in [6, 6.07) is 1.90. The molecule has 15 heavy (non-hydrogen) atoms. The molecule has 5 heteroatoms. The Morgan fingerprint density at radius 2 is 2.00 bits per heavy atom. The number of nitrogen functional groups attached to an aromatic ring is 1. The van der Waals surface area contributed by atoms with E-state index >= 15 is 0 Å². The van der Waals surface area contributed by atoms with Crippen LogP contribution in [0.5, 0.6) is 0 Å². The normalized spacial score (nSPS) is 11.1. The second-order valence-electron chi connectivity index (χ2n) is 4.54. The first-order valence-electron chi connectivity index (χ1n) is 4.55. The predicted octanol–water partition coefficient (Wildman–Crippen LogP) is 2.28. The Hall–Kier alpha value is -1.15. The summed E-state index contributed by atoms with van der Waals surface area (Å²) in [5.41, 5.74) is 6.54.